The molecule has 0 bridgehead atoms. The maximum absolute atomic E-state index is 6.14. The number of fused-ring (bicyclic) bond motifs is 3. The molecule has 0 radical (unpaired) electrons. The maximum atomic E-state index is 6.14. The number of piperazine rings is 1. The average molecular weight is 502 g/mol. The molecule has 8 nitrogen and oxygen atoms in total. The van der Waals surface area contributed by atoms with Crippen LogP contribution in [0.25, 0.3) is 16.8 Å². The van der Waals surface area contributed by atoms with Crippen molar-refractivity contribution in [3.05, 3.63) is 65.7 Å². The van der Waals surface area contributed by atoms with Crippen LogP contribution in [0.1, 0.15) is 17.1 Å². The minimum Gasteiger partial charge on any atom is -0.483 e. The topological polar surface area (TPSA) is 55.2 Å². The van der Waals surface area contributed by atoms with E-state index in [9.17, 15) is 0 Å². The van der Waals surface area contributed by atoms with E-state index in [-0.39, 0.29) is 0 Å². The van der Waals surface area contributed by atoms with Crippen molar-refractivity contribution < 1.29 is 14.2 Å². The van der Waals surface area contributed by atoms with Gasteiger partial charge in [-0.05, 0) is 28.8 Å². The zero-order valence-electron chi connectivity index (χ0n) is 21.3. The van der Waals surface area contributed by atoms with Crippen molar-refractivity contribution in [2.75, 3.05) is 65.7 Å². The molecule has 37 heavy (non-hydrogen) atoms. The molecular formula is C29H35N5O3. The fraction of sp³-hybridized carbons (Fsp3) is 0.483. The number of ether oxygens (including phenoxy) is 3. The molecule has 0 unspecified atom stereocenters. The molecule has 194 valence electrons. The zero-order chi connectivity index (χ0) is 24.6. The number of benzene rings is 2. The van der Waals surface area contributed by atoms with E-state index in [2.05, 4.69) is 67.9 Å². The van der Waals surface area contributed by atoms with E-state index in [4.69, 9.17) is 19.2 Å². The second-order valence-corrected chi connectivity index (χ2v) is 10.6. The number of morpholine rings is 1. The molecule has 4 aliphatic heterocycles. The lowest BCUT2D eigenvalue weighted by Crippen LogP contribution is -2.56. The average Bonchev–Trinajstić information content (AvgIpc) is 3.32. The number of nitrogens with zero attached hydrogens (tertiary/aromatic N) is 5. The molecule has 2 aromatic carbocycles. The standard InChI is InChI=1S/C29H35N5O3/c1-3-23(4-2-22(1)16-31-7-9-33(10-8-31)26-19-36-20-26)24-5-6-27-28(15-24)37-21-29-30-25(18-34(27)29)17-32-11-13-35-14-12-32/h1-6,15,18,26H,7-14,16-17,19-21H2. The lowest BCUT2D eigenvalue weighted by molar-refractivity contribution is -0.0774. The molecule has 0 aliphatic carbocycles. The van der Waals surface area contributed by atoms with Gasteiger partial charge in [-0.2, -0.15) is 0 Å². The summed E-state index contributed by atoms with van der Waals surface area (Å²) in [6.07, 6.45) is 2.17. The molecule has 3 aromatic rings. The molecule has 1 aromatic heterocycles. The van der Waals surface area contributed by atoms with E-state index in [0.29, 0.717) is 12.6 Å². The quantitative estimate of drug-likeness (QED) is 0.515. The highest BCUT2D eigenvalue weighted by Crippen LogP contribution is 2.34. The van der Waals surface area contributed by atoms with Crippen LogP contribution in [0.2, 0.25) is 0 Å². The number of aromatic nitrogens is 2. The Morgan fingerprint density at radius 1 is 0.784 bits per heavy atom. The molecule has 0 N–H and O–H groups in total. The Labute approximate surface area is 218 Å². The second kappa shape index (κ2) is 10.2. The van der Waals surface area contributed by atoms with Crippen LogP contribution in [0.15, 0.2) is 48.7 Å². The molecule has 5 heterocycles. The lowest BCUT2D eigenvalue weighted by atomic mass is 10.0. The number of imidazole rings is 1. The predicted molar refractivity (Wildman–Crippen MR) is 141 cm³/mol. The summed E-state index contributed by atoms with van der Waals surface area (Å²) >= 11 is 0. The van der Waals surface area contributed by atoms with Crippen molar-refractivity contribution in [2.24, 2.45) is 0 Å². The smallest absolute Gasteiger partial charge is 0.151 e. The third-order valence-corrected chi connectivity index (χ3v) is 8.13. The number of rotatable bonds is 6. The van der Waals surface area contributed by atoms with Crippen LogP contribution in [0.4, 0.5) is 0 Å². The predicted octanol–water partition coefficient (Wildman–Crippen LogP) is 2.78. The lowest BCUT2D eigenvalue weighted by Gasteiger charge is -2.42. The maximum Gasteiger partial charge on any atom is 0.151 e. The van der Waals surface area contributed by atoms with E-state index in [0.717, 1.165) is 102 Å². The molecule has 3 fully saturated rings. The Morgan fingerprint density at radius 3 is 2.30 bits per heavy atom. The van der Waals surface area contributed by atoms with Gasteiger partial charge in [0, 0.05) is 58.6 Å². The monoisotopic (exact) mass is 501 g/mol. The molecular weight excluding hydrogens is 466 g/mol. The van der Waals surface area contributed by atoms with Crippen molar-refractivity contribution in [3.63, 3.8) is 0 Å². The first kappa shape index (κ1) is 23.4. The molecule has 3 saturated heterocycles. The Bertz CT molecular complexity index is 1220. The summed E-state index contributed by atoms with van der Waals surface area (Å²) in [7, 11) is 0. The van der Waals surface area contributed by atoms with E-state index in [1.54, 1.807) is 0 Å². The normalized spacial score (nSPS) is 21.2. The first-order chi connectivity index (χ1) is 18.3. The Kier molecular flexibility index (Phi) is 6.44. The van der Waals surface area contributed by atoms with Gasteiger partial charge >= 0.3 is 0 Å². The van der Waals surface area contributed by atoms with Crippen molar-refractivity contribution in [2.45, 2.75) is 25.7 Å². The highest BCUT2D eigenvalue weighted by molar-refractivity contribution is 5.69. The van der Waals surface area contributed by atoms with Gasteiger partial charge in [-0.1, -0.05) is 30.3 Å². The van der Waals surface area contributed by atoms with Gasteiger partial charge in [-0.3, -0.25) is 19.3 Å². The second-order valence-electron chi connectivity index (χ2n) is 10.6. The van der Waals surface area contributed by atoms with Gasteiger partial charge in [0.25, 0.3) is 0 Å². The highest BCUT2D eigenvalue weighted by atomic mass is 16.5. The van der Waals surface area contributed by atoms with E-state index < -0.39 is 0 Å². The zero-order valence-corrected chi connectivity index (χ0v) is 21.3. The molecule has 8 heteroatoms. The summed E-state index contributed by atoms with van der Waals surface area (Å²) in [6, 6.07) is 16.2. The van der Waals surface area contributed by atoms with Crippen LogP contribution in [-0.2, 0) is 29.2 Å². The van der Waals surface area contributed by atoms with E-state index >= 15 is 0 Å². The van der Waals surface area contributed by atoms with Gasteiger partial charge in [0.1, 0.15) is 12.4 Å². The largest absolute Gasteiger partial charge is 0.483 e. The number of hydrogen-bond acceptors (Lipinski definition) is 7. The first-order valence-corrected chi connectivity index (χ1v) is 13.6. The van der Waals surface area contributed by atoms with Crippen LogP contribution >= 0.6 is 0 Å². The van der Waals surface area contributed by atoms with E-state index in [1.807, 2.05) is 0 Å². The number of hydrogen-bond donors (Lipinski definition) is 0. The SMILES string of the molecule is c1cc(-c2ccc3c(c2)OCc2nc(CN4CCOCC4)cn2-3)ccc1CN1CCN(C2COC2)CC1. The Hall–Kier alpha value is -2.75. The molecule has 7 rings (SSSR count). The summed E-state index contributed by atoms with van der Waals surface area (Å²) in [5.74, 6) is 1.88. The van der Waals surface area contributed by atoms with Crippen molar-refractivity contribution in [1.82, 2.24) is 24.3 Å². The summed E-state index contributed by atoms with van der Waals surface area (Å²) in [5, 5.41) is 0. The van der Waals surface area contributed by atoms with Crippen LogP contribution in [-0.4, -0.2) is 96.0 Å². The molecule has 4 aliphatic rings. The molecule has 0 spiro atoms. The van der Waals surface area contributed by atoms with Gasteiger partial charge in [0.05, 0.1) is 43.9 Å². The van der Waals surface area contributed by atoms with Gasteiger partial charge in [0.2, 0.25) is 0 Å². The summed E-state index contributed by atoms with van der Waals surface area (Å²) in [6.45, 7) is 12.3. The fourth-order valence-electron chi connectivity index (χ4n) is 5.78. The minimum atomic E-state index is 0.500. The molecule has 0 atom stereocenters. The molecule has 0 amide bonds. The third kappa shape index (κ3) is 4.92. The van der Waals surface area contributed by atoms with Crippen LogP contribution in [0, 0.1) is 0 Å². The fourth-order valence-corrected chi connectivity index (χ4v) is 5.78. The Morgan fingerprint density at radius 2 is 1.54 bits per heavy atom. The van der Waals surface area contributed by atoms with Gasteiger partial charge < -0.3 is 14.2 Å². The Balaban J connectivity index is 1.01. The van der Waals surface area contributed by atoms with Crippen LogP contribution in [0.3, 0.4) is 0 Å². The third-order valence-electron chi connectivity index (χ3n) is 8.13. The highest BCUT2D eigenvalue weighted by Gasteiger charge is 2.28. The molecule has 0 saturated carbocycles. The van der Waals surface area contributed by atoms with Crippen molar-refractivity contribution in [1.29, 1.82) is 0 Å². The van der Waals surface area contributed by atoms with E-state index in [1.165, 1.54) is 16.7 Å². The van der Waals surface area contributed by atoms with Gasteiger partial charge in [-0.25, -0.2) is 4.98 Å². The van der Waals surface area contributed by atoms with Crippen molar-refractivity contribution >= 4 is 0 Å². The van der Waals surface area contributed by atoms with Gasteiger partial charge in [-0.15, -0.1) is 0 Å². The summed E-state index contributed by atoms with van der Waals surface area (Å²) in [5.41, 5.74) is 5.92. The van der Waals surface area contributed by atoms with Gasteiger partial charge in [0.15, 0.2) is 5.82 Å². The first-order valence-electron chi connectivity index (χ1n) is 13.6. The summed E-state index contributed by atoms with van der Waals surface area (Å²) < 4.78 is 19.2. The van der Waals surface area contributed by atoms with Crippen LogP contribution in [0.5, 0.6) is 5.75 Å². The van der Waals surface area contributed by atoms with Crippen molar-refractivity contribution in [3.8, 4) is 22.6 Å². The van der Waals surface area contributed by atoms with Crippen LogP contribution < -0.4 is 4.74 Å². The summed E-state index contributed by atoms with van der Waals surface area (Å²) in [4.78, 5) is 12.4. The minimum absolute atomic E-state index is 0.500.